The Hall–Kier alpha value is 0.0569. The van der Waals surface area contributed by atoms with Crippen LogP contribution in [-0.4, -0.2) is 36.7 Å². The minimum Gasteiger partial charge on any atom is -0.377 e. The molecule has 0 aliphatic rings. The Morgan fingerprint density at radius 2 is 1.46 bits per heavy atom. The standard InChI is InChI=1S/C8H21NO3Si/c1-8(2,6-9)7-13(10-3,11-4)12-5/h6-7,9H2,1-5H3. The molecule has 0 aliphatic heterocycles. The maximum absolute atomic E-state index is 5.63. The highest BCUT2D eigenvalue weighted by molar-refractivity contribution is 6.60. The summed E-state index contributed by atoms with van der Waals surface area (Å²) in [4.78, 5) is 0. The van der Waals surface area contributed by atoms with Gasteiger partial charge in [-0.15, -0.1) is 0 Å². The molecule has 80 valence electrons. The van der Waals surface area contributed by atoms with E-state index in [9.17, 15) is 0 Å². The van der Waals surface area contributed by atoms with Crippen LogP contribution in [0.2, 0.25) is 6.04 Å². The molecule has 0 saturated carbocycles. The van der Waals surface area contributed by atoms with E-state index in [2.05, 4.69) is 13.8 Å². The lowest BCUT2D eigenvalue weighted by Gasteiger charge is -2.32. The van der Waals surface area contributed by atoms with Gasteiger partial charge in [-0.05, 0) is 12.0 Å². The third kappa shape index (κ3) is 3.74. The van der Waals surface area contributed by atoms with Crippen molar-refractivity contribution >= 4 is 8.80 Å². The predicted molar refractivity (Wildman–Crippen MR) is 54.4 cm³/mol. The van der Waals surface area contributed by atoms with Gasteiger partial charge >= 0.3 is 8.80 Å². The molecule has 0 radical (unpaired) electrons. The maximum atomic E-state index is 5.63. The lowest BCUT2D eigenvalue weighted by molar-refractivity contribution is 0.111. The molecule has 0 amide bonds. The Labute approximate surface area is 81.7 Å². The van der Waals surface area contributed by atoms with E-state index in [1.807, 2.05) is 0 Å². The van der Waals surface area contributed by atoms with Crippen LogP contribution in [0.15, 0.2) is 0 Å². The fourth-order valence-electron chi connectivity index (χ4n) is 1.12. The molecule has 0 bridgehead atoms. The van der Waals surface area contributed by atoms with Gasteiger partial charge in [0.2, 0.25) is 0 Å². The van der Waals surface area contributed by atoms with Crippen molar-refractivity contribution in [1.29, 1.82) is 0 Å². The smallest absolute Gasteiger partial charge is 0.377 e. The van der Waals surface area contributed by atoms with Crippen molar-refractivity contribution in [3.63, 3.8) is 0 Å². The van der Waals surface area contributed by atoms with Crippen LogP contribution in [0, 0.1) is 5.41 Å². The Balaban J connectivity index is 4.41. The Morgan fingerprint density at radius 1 is 1.08 bits per heavy atom. The van der Waals surface area contributed by atoms with Crippen molar-refractivity contribution in [2.24, 2.45) is 11.1 Å². The molecule has 0 aromatic rings. The summed E-state index contributed by atoms with van der Waals surface area (Å²) < 4.78 is 15.9. The van der Waals surface area contributed by atoms with E-state index in [0.717, 1.165) is 6.04 Å². The van der Waals surface area contributed by atoms with E-state index in [0.29, 0.717) is 6.54 Å². The second-order valence-electron chi connectivity index (χ2n) is 3.84. The topological polar surface area (TPSA) is 53.7 Å². The molecule has 0 atom stereocenters. The molecule has 0 spiro atoms. The monoisotopic (exact) mass is 207 g/mol. The number of rotatable bonds is 6. The average molecular weight is 207 g/mol. The first-order chi connectivity index (χ1) is 5.95. The van der Waals surface area contributed by atoms with Gasteiger partial charge in [-0.1, -0.05) is 13.8 Å². The molecular formula is C8H21NO3Si. The average Bonchev–Trinajstić information content (AvgIpc) is 2.14. The SMILES string of the molecule is CO[Si](CC(C)(C)CN)(OC)OC. The van der Waals surface area contributed by atoms with E-state index in [4.69, 9.17) is 19.0 Å². The molecule has 0 rings (SSSR count). The summed E-state index contributed by atoms with van der Waals surface area (Å²) in [5, 5.41) is 0. The number of hydrogen-bond donors (Lipinski definition) is 1. The van der Waals surface area contributed by atoms with Crippen molar-refractivity contribution in [3.8, 4) is 0 Å². The molecule has 13 heavy (non-hydrogen) atoms. The first-order valence-electron chi connectivity index (χ1n) is 4.31. The van der Waals surface area contributed by atoms with Crippen LogP contribution >= 0.6 is 0 Å². The van der Waals surface area contributed by atoms with Crippen molar-refractivity contribution < 1.29 is 13.3 Å². The zero-order valence-corrected chi connectivity index (χ0v) is 10.2. The summed E-state index contributed by atoms with van der Waals surface area (Å²) >= 11 is 0. The normalized spacial score (nSPS) is 13.4. The zero-order valence-electron chi connectivity index (χ0n) is 9.22. The van der Waals surface area contributed by atoms with Gasteiger partial charge in [0.15, 0.2) is 0 Å². The molecule has 5 heteroatoms. The van der Waals surface area contributed by atoms with Crippen LogP contribution in [0.5, 0.6) is 0 Å². The van der Waals surface area contributed by atoms with E-state index < -0.39 is 8.80 Å². The highest BCUT2D eigenvalue weighted by Gasteiger charge is 2.42. The Morgan fingerprint density at radius 3 is 1.69 bits per heavy atom. The van der Waals surface area contributed by atoms with Gasteiger partial charge in [-0.2, -0.15) is 0 Å². The summed E-state index contributed by atoms with van der Waals surface area (Å²) in [6.07, 6.45) is 0. The van der Waals surface area contributed by atoms with Crippen LogP contribution in [0.4, 0.5) is 0 Å². The van der Waals surface area contributed by atoms with Crippen LogP contribution in [0.3, 0.4) is 0 Å². The van der Waals surface area contributed by atoms with Gasteiger partial charge in [0.1, 0.15) is 0 Å². The summed E-state index contributed by atoms with van der Waals surface area (Å²) in [7, 11) is 2.40. The van der Waals surface area contributed by atoms with Gasteiger partial charge in [0.25, 0.3) is 0 Å². The molecular weight excluding hydrogens is 186 g/mol. The number of hydrogen-bond acceptors (Lipinski definition) is 4. The zero-order chi connectivity index (χ0) is 10.5. The molecule has 2 N–H and O–H groups in total. The molecule has 0 saturated heterocycles. The molecule has 0 aromatic carbocycles. The Bertz CT molecular complexity index is 140. The molecule has 4 nitrogen and oxygen atoms in total. The van der Waals surface area contributed by atoms with Gasteiger partial charge in [0.05, 0.1) is 0 Å². The lowest BCUT2D eigenvalue weighted by Crippen LogP contribution is -2.47. The number of nitrogens with two attached hydrogens (primary N) is 1. The van der Waals surface area contributed by atoms with Crippen molar-refractivity contribution in [3.05, 3.63) is 0 Å². The molecule has 0 fully saturated rings. The van der Waals surface area contributed by atoms with Crippen LogP contribution in [0.25, 0.3) is 0 Å². The van der Waals surface area contributed by atoms with E-state index in [1.54, 1.807) is 21.3 Å². The third-order valence-electron chi connectivity index (χ3n) is 2.18. The van der Waals surface area contributed by atoms with Crippen LogP contribution < -0.4 is 5.73 Å². The minimum atomic E-state index is -2.45. The third-order valence-corrected chi connectivity index (χ3v) is 5.44. The first-order valence-corrected chi connectivity index (χ1v) is 6.24. The first kappa shape index (κ1) is 13.1. The van der Waals surface area contributed by atoms with Gasteiger partial charge in [-0.25, -0.2) is 0 Å². The highest BCUT2D eigenvalue weighted by Crippen LogP contribution is 2.28. The summed E-state index contributed by atoms with van der Waals surface area (Å²) in [6, 6.07) is 0.736. The molecule has 0 heterocycles. The molecule has 0 aromatic heterocycles. The van der Waals surface area contributed by atoms with Crippen molar-refractivity contribution in [2.45, 2.75) is 19.9 Å². The summed E-state index contributed by atoms with van der Waals surface area (Å²) in [6.45, 7) is 4.75. The summed E-state index contributed by atoms with van der Waals surface area (Å²) in [5.41, 5.74) is 5.63. The fraction of sp³-hybridized carbons (Fsp3) is 1.00. The van der Waals surface area contributed by atoms with Crippen molar-refractivity contribution in [2.75, 3.05) is 27.9 Å². The second kappa shape index (κ2) is 5.07. The van der Waals surface area contributed by atoms with Crippen LogP contribution in [-0.2, 0) is 13.3 Å². The molecule has 0 aliphatic carbocycles. The lowest BCUT2D eigenvalue weighted by atomic mass is 9.97. The summed E-state index contributed by atoms with van der Waals surface area (Å²) in [5.74, 6) is 0. The van der Waals surface area contributed by atoms with Gasteiger partial charge in [0, 0.05) is 27.4 Å². The van der Waals surface area contributed by atoms with E-state index in [1.165, 1.54) is 0 Å². The largest absolute Gasteiger partial charge is 0.500 e. The van der Waals surface area contributed by atoms with Gasteiger partial charge in [-0.3, -0.25) is 0 Å². The second-order valence-corrected chi connectivity index (χ2v) is 6.78. The van der Waals surface area contributed by atoms with E-state index in [-0.39, 0.29) is 5.41 Å². The molecule has 0 unspecified atom stereocenters. The Kier molecular flexibility index (Phi) is 5.09. The van der Waals surface area contributed by atoms with E-state index >= 15 is 0 Å². The van der Waals surface area contributed by atoms with Crippen molar-refractivity contribution in [1.82, 2.24) is 0 Å². The van der Waals surface area contributed by atoms with Crippen LogP contribution in [0.1, 0.15) is 13.8 Å². The fourth-order valence-corrected chi connectivity index (χ4v) is 3.37. The minimum absolute atomic E-state index is 0.00570. The predicted octanol–water partition coefficient (Wildman–Crippen LogP) is 0.849. The highest BCUT2D eigenvalue weighted by atomic mass is 28.4. The van der Waals surface area contributed by atoms with Gasteiger partial charge < -0.3 is 19.0 Å². The quantitative estimate of drug-likeness (QED) is 0.656. The maximum Gasteiger partial charge on any atom is 0.500 e.